The molecule has 1 aromatic carbocycles. The molecule has 0 bridgehead atoms. The maximum atomic E-state index is 12.5. The van der Waals surface area contributed by atoms with Crippen LogP contribution in [0.25, 0.3) is 11.3 Å². The highest BCUT2D eigenvalue weighted by molar-refractivity contribution is 5.92. The van der Waals surface area contributed by atoms with E-state index in [9.17, 15) is 4.79 Å². The Morgan fingerprint density at radius 2 is 2.00 bits per heavy atom. The molecule has 3 aromatic rings. The van der Waals surface area contributed by atoms with Gasteiger partial charge in [0.15, 0.2) is 5.69 Å². The summed E-state index contributed by atoms with van der Waals surface area (Å²) in [7, 11) is 3.63. The van der Waals surface area contributed by atoms with Crippen LogP contribution in [0.2, 0.25) is 0 Å². The van der Waals surface area contributed by atoms with E-state index < -0.39 is 0 Å². The lowest BCUT2D eigenvalue weighted by atomic mass is 10.1. The first-order valence-corrected chi connectivity index (χ1v) is 7.96. The molecule has 0 aliphatic rings. The molecule has 0 radical (unpaired) electrons. The van der Waals surface area contributed by atoms with Crippen molar-refractivity contribution < 1.29 is 4.79 Å². The van der Waals surface area contributed by atoms with Gasteiger partial charge in [-0.3, -0.25) is 14.6 Å². The molecule has 0 spiro atoms. The lowest BCUT2D eigenvalue weighted by Gasteiger charge is -2.14. The third-order valence-corrected chi connectivity index (χ3v) is 4.01. The first kappa shape index (κ1) is 16.0. The van der Waals surface area contributed by atoms with E-state index in [4.69, 9.17) is 0 Å². The Labute approximate surface area is 141 Å². The van der Waals surface area contributed by atoms with Gasteiger partial charge in [0.1, 0.15) is 0 Å². The van der Waals surface area contributed by atoms with Crippen molar-refractivity contribution in [2.75, 3.05) is 7.05 Å². The van der Waals surface area contributed by atoms with Crippen molar-refractivity contribution in [3.8, 4) is 11.3 Å². The maximum absolute atomic E-state index is 12.5. The Balaban J connectivity index is 1.71. The molecule has 0 aliphatic heterocycles. The third-order valence-electron chi connectivity index (χ3n) is 4.01. The van der Waals surface area contributed by atoms with Crippen LogP contribution in [0.15, 0.2) is 42.5 Å². The second-order valence-electron chi connectivity index (χ2n) is 5.80. The Morgan fingerprint density at radius 1 is 1.25 bits per heavy atom. The van der Waals surface area contributed by atoms with E-state index in [0.717, 1.165) is 29.1 Å². The molecule has 0 saturated carbocycles. The van der Waals surface area contributed by atoms with Crippen LogP contribution in [0.4, 0.5) is 0 Å². The molecule has 124 valence electrons. The number of carbonyl (C=O) groups excluding carboxylic acids is 1. The minimum absolute atomic E-state index is 0.0961. The molecule has 3 rings (SSSR count). The monoisotopic (exact) mass is 323 g/mol. The Bertz CT molecular complexity index is 834. The number of aromatic amines is 1. The smallest absolute Gasteiger partial charge is 0.274 e. The van der Waals surface area contributed by atoms with Crippen LogP contribution in [0.3, 0.4) is 0 Å². The van der Waals surface area contributed by atoms with Gasteiger partial charge < -0.3 is 4.90 Å². The topological polar surface area (TPSA) is 66.8 Å². The number of nitrogens with zero attached hydrogens (tertiary/aromatic N) is 4. The second kappa shape index (κ2) is 6.70. The van der Waals surface area contributed by atoms with Gasteiger partial charge in [-0.05, 0) is 18.6 Å². The quantitative estimate of drug-likeness (QED) is 0.785. The summed E-state index contributed by atoms with van der Waals surface area (Å²) in [5, 5.41) is 11.6. The van der Waals surface area contributed by atoms with Crippen LogP contribution >= 0.6 is 0 Å². The number of aromatic nitrogens is 4. The first-order valence-electron chi connectivity index (χ1n) is 7.96. The molecular weight excluding hydrogens is 302 g/mol. The molecule has 2 aromatic heterocycles. The highest BCUT2D eigenvalue weighted by Gasteiger charge is 2.17. The summed E-state index contributed by atoms with van der Waals surface area (Å²) in [5.41, 5.74) is 4.32. The Kier molecular flexibility index (Phi) is 4.46. The highest BCUT2D eigenvalue weighted by Crippen LogP contribution is 2.18. The van der Waals surface area contributed by atoms with Gasteiger partial charge in [0.25, 0.3) is 5.91 Å². The van der Waals surface area contributed by atoms with Crippen molar-refractivity contribution in [1.29, 1.82) is 0 Å². The lowest BCUT2D eigenvalue weighted by Crippen LogP contribution is -2.26. The second-order valence-corrected chi connectivity index (χ2v) is 5.80. The molecule has 0 aliphatic carbocycles. The van der Waals surface area contributed by atoms with Gasteiger partial charge >= 0.3 is 0 Å². The molecule has 0 unspecified atom stereocenters. The molecule has 2 heterocycles. The molecule has 0 fully saturated rings. The summed E-state index contributed by atoms with van der Waals surface area (Å²) < 4.78 is 1.75. The first-order chi connectivity index (χ1) is 11.6. The molecule has 6 nitrogen and oxygen atoms in total. The molecule has 6 heteroatoms. The fraction of sp³-hybridized carbons (Fsp3) is 0.278. The molecule has 0 atom stereocenters. The van der Waals surface area contributed by atoms with Gasteiger partial charge in [0, 0.05) is 25.4 Å². The van der Waals surface area contributed by atoms with Crippen molar-refractivity contribution >= 4 is 5.91 Å². The fourth-order valence-corrected chi connectivity index (χ4v) is 2.66. The summed E-state index contributed by atoms with van der Waals surface area (Å²) >= 11 is 0. The standard InChI is InChI=1S/C18H21N5O/c1-4-15-11-17(21-23(15)3)18(24)22(2)12-14-10-16(20-19-14)13-8-6-5-7-9-13/h5-11H,4,12H2,1-3H3,(H,19,20). The summed E-state index contributed by atoms with van der Waals surface area (Å²) in [6, 6.07) is 13.8. The zero-order chi connectivity index (χ0) is 17.1. The minimum atomic E-state index is -0.0961. The van der Waals surface area contributed by atoms with Crippen LogP contribution < -0.4 is 0 Å². The number of H-pyrrole nitrogens is 1. The van der Waals surface area contributed by atoms with Crippen molar-refractivity contribution in [3.63, 3.8) is 0 Å². The fourth-order valence-electron chi connectivity index (χ4n) is 2.66. The van der Waals surface area contributed by atoms with E-state index in [0.29, 0.717) is 12.2 Å². The zero-order valence-corrected chi connectivity index (χ0v) is 14.2. The molecule has 1 amide bonds. The largest absolute Gasteiger partial charge is 0.334 e. The number of rotatable bonds is 5. The SMILES string of the molecule is CCc1cc(C(=O)N(C)Cc2cc(-c3ccccc3)n[nH]2)nn1C. The summed E-state index contributed by atoms with van der Waals surface area (Å²) in [4.78, 5) is 14.2. The minimum Gasteiger partial charge on any atom is -0.334 e. The summed E-state index contributed by atoms with van der Waals surface area (Å²) in [6.45, 7) is 2.50. The molecule has 0 saturated heterocycles. The van der Waals surface area contributed by atoms with Gasteiger partial charge in [0.05, 0.1) is 17.9 Å². The number of benzene rings is 1. The van der Waals surface area contributed by atoms with E-state index in [2.05, 4.69) is 15.3 Å². The van der Waals surface area contributed by atoms with Crippen LogP contribution in [0.5, 0.6) is 0 Å². The van der Waals surface area contributed by atoms with Crippen molar-refractivity contribution in [1.82, 2.24) is 24.9 Å². The Morgan fingerprint density at radius 3 is 2.67 bits per heavy atom. The normalized spacial score (nSPS) is 10.8. The summed E-state index contributed by atoms with van der Waals surface area (Å²) in [5.74, 6) is -0.0961. The average Bonchev–Trinajstić information content (AvgIpc) is 3.21. The van der Waals surface area contributed by atoms with Crippen LogP contribution in [0.1, 0.15) is 28.8 Å². The van der Waals surface area contributed by atoms with E-state index in [1.54, 1.807) is 16.6 Å². The van der Waals surface area contributed by atoms with E-state index in [-0.39, 0.29) is 5.91 Å². The van der Waals surface area contributed by atoms with Crippen molar-refractivity contribution in [2.45, 2.75) is 19.9 Å². The molecule has 1 N–H and O–H groups in total. The van der Waals surface area contributed by atoms with E-state index >= 15 is 0 Å². The van der Waals surface area contributed by atoms with Gasteiger partial charge in [-0.1, -0.05) is 37.3 Å². The van der Waals surface area contributed by atoms with Crippen LogP contribution in [0, 0.1) is 0 Å². The predicted octanol–water partition coefficient (Wildman–Crippen LogP) is 2.64. The van der Waals surface area contributed by atoms with Gasteiger partial charge in [-0.15, -0.1) is 0 Å². The number of hydrogen-bond donors (Lipinski definition) is 1. The number of nitrogens with one attached hydrogen (secondary N) is 1. The van der Waals surface area contributed by atoms with Crippen LogP contribution in [-0.2, 0) is 20.0 Å². The molecule has 24 heavy (non-hydrogen) atoms. The number of amides is 1. The molecular formula is C18H21N5O. The van der Waals surface area contributed by atoms with Gasteiger partial charge in [0.2, 0.25) is 0 Å². The summed E-state index contributed by atoms with van der Waals surface area (Å²) in [6.07, 6.45) is 0.849. The number of carbonyl (C=O) groups is 1. The maximum Gasteiger partial charge on any atom is 0.274 e. The van der Waals surface area contributed by atoms with Crippen molar-refractivity contribution in [3.05, 3.63) is 59.5 Å². The zero-order valence-electron chi connectivity index (χ0n) is 14.2. The Hall–Kier alpha value is -2.89. The van der Waals surface area contributed by atoms with Crippen molar-refractivity contribution in [2.24, 2.45) is 7.05 Å². The number of aryl methyl sites for hydroxylation is 2. The highest BCUT2D eigenvalue weighted by atomic mass is 16.2. The predicted molar refractivity (Wildman–Crippen MR) is 92.4 cm³/mol. The average molecular weight is 323 g/mol. The number of hydrogen-bond acceptors (Lipinski definition) is 3. The van der Waals surface area contributed by atoms with Crippen LogP contribution in [-0.4, -0.2) is 37.8 Å². The van der Waals surface area contributed by atoms with Gasteiger partial charge in [-0.2, -0.15) is 10.2 Å². The van der Waals surface area contributed by atoms with E-state index in [1.165, 1.54) is 0 Å². The third kappa shape index (κ3) is 3.22. The lowest BCUT2D eigenvalue weighted by molar-refractivity contribution is 0.0777. The van der Waals surface area contributed by atoms with E-state index in [1.807, 2.05) is 56.4 Å². The van der Waals surface area contributed by atoms with Gasteiger partial charge in [-0.25, -0.2) is 0 Å².